The average Bonchev–Trinajstić information content (AvgIpc) is 2.64. The minimum atomic E-state index is -0.676. The molecule has 0 atom stereocenters. The molecule has 2 aromatic carbocycles. The molecule has 7 heteroatoms. The molecule has 0 heterocycles. The van der Waals surface area contributed by atoms with Crippen LogP contribution in [0.1, 0.15) is 5.56 Å². The maximum Gasteiger partial charge on any atom is 0.354 e. The van der Waals surface area contributed by atoms with Crippen LogP contribution in [0.25, 0.3) is 0 Å². The van der Waals surface area contributed by atoms with Crippen molar-refractivity contribution < 1.29 is 23.8 Å². The monoisotopic (exact) mass is 419 g/mol. The number of methoxy groups -OCH3 is 2. The Morgan fingerprint density at radius 1 is 1.00 bits per heavy atom. The predicted octanol–water partition coefficient (Wildman–Crippen LogP) is 4.19. The number of aryl methyl sites for hydroxylation is 1. The number of nitrogens with one attached hydrogen (secondary N) is 1. The highest BCUT2D eigenvalue weighted by atomic mass is 79.9. The summed E-state index contributed by atoms with van der Waals surface area (Å²) < 4.78 is 16.0. The van der Waals surface area contributed by atoms with E-state index in [1.165, 1.54) is 14.2 Å². The minimum absolute atomic E-state index is 0.0240. The molecule has 0 aromatic heterocycles. The summed E-state index contributed by atoms with van der Waals surface area (Å²) in [6, 6.07) is 12.8. The molecule has 0 saturated carbocycles. The van der Waals surface area contributed by atoms with Crippen LogP contribution in [0, 0.1) is 6.92 Å². The number of benzene rings is 2. The number of hydrogen-bond acceptors (Lipinski definition) is 6. The summed E-state index contributed by atoms with van der Waals surface area (Å²) in [6.45, 7) is 1.85. The van der Waals surface area contributed by atoms with E-state index in [0.717, 1.165) is 16.1 Å². The summed E-state index contributed by atoms with van der Waals surface area (Å²) in [4.78, 5) is 23.3. The maximum atomic E-state index is 11.8. The lowest BCUT2D eigenvalue weighted by Crippen LogP contribution is -2.16. The molecule has 0 spiro atoms. The molecular formula is C19H18BrNO5. The van der Waals surface area contributed by atoms with Crippen molar-refractivity contribution in [3.05, 3.63) is 64.3 Å². The number of ether oxygens (including phenoxy) is 3. The third kappa shape index (κ3) is 5.35. The first-order chi connectivity index (χ1) is 12.4. The fourth-order valence-corrected chi connectivity index (χ4v) is 2.32. The van der Waals surface area contributed by atoms with Gasteiger partial charge in [0.25, 0.3) is 0 Å². The van der Waals surface area contributed by atoms with Gasteiger partial charge in [-0.25, -0.2) is 9.59 Å². The molecule has 26 heavy (non-hydrogen) atoms. The van der Waals surface area contributed by atoms with E-state index >= 15 is 0 Å². The molecule has 0 unspecified atom stereocenters. The Labute approximate surface area is 159 Å². The number of rotatable bonds is 6. The lowest BCUT2D eigenvalue weighted by molar-refractivity contribution is -0.138. The van der Waals surface area contributed by atoms with Crippen LogP contribution in [0.4, 0.5) is 5.69 Å². The number of esters is 2. The summed E-state index contributed by atoms with van der Waals surface area (Å²) in [5, 5.41) is 2.89. The van der Waals surface area contributed by atoms with Crippen LogP contribution in [0.3, 0.4) is 0 Å². The van der Waals surface area contributed by atoms with Gasteiger partial charge in [0.15, 0.2) is 0 Å². The molecule has 136 valence electrons. The molecular weight excluding hydrogens is 402 g/mol. The highest BCUT2D eigenvalue weighted by molar-refractivity contribution is 9.10. The molecule has 0 aliphatic heterocycles. The van der Waals surface area contributed by atoms with E-state index in [1.807, 2.05) is 37.3 Å². The molecule has 0 aliphatic carbocycles. The van der Waals surface area contributed by atoms with Gasteiger partial charge in [-0.15, -0.1) is 0 Å². The molecule has 6 nitrogen and oxygen atoms in total. The molecule has 0 amide bonds. The van der Waals surface area contributed by atoms with Crippen molar-refractivity contribution in [2.24, 2.45) is 0 Å². The van der Waals surface area contributed by atoms with Gasteiger partial charge in [0.1, 0.15) is 17.2 Å². The number of hydrogen-bond donors (Lipinski definition) is 1. The number of halogens is 1. The Balaban J connectivity index is 2.19. The summed E-state index contributed by atoms with van der Waals surface area (Å²) in [7, 11) is 2.46. The number of carbonyl (C=O) groups is 2. The second-order valence-electron chi connectivity index (χ2n) is 5.23. The Morgan fingerprint density at radius 3 is 2.23 bits per heavy atom. The predicted molar refractivity (Wildman–Crippen MR) is 101 cm³/mol. The lowest BCUT2D eigenvalue weighted by atomic mass is 10.2. The molecule has 2 aromatic rings. The van der Waals surface area contributed by atoms with E-state index in [1.54, 1.807) is 12.1 Å². The summed E-state index contributed by atoms with van der Waals surface area (Å²) >= 11 is 3.37. The van der Waals surface area contributed by atoms with Gasteiger partial charge in [0, 0.05) is 10.2 Å². The second kappa shape index (κ2) is 9.05. The Bertz CT molecular complexity index is 830. The van der Waals surface area contributed by atoms with Gasteiger partial charge in [-0.2, -0.15) is 0 Å². The number of carbonyl (C=O) groups excluding carboxylic acids is 2. The summed E-state index contributed by atoms with van der Waals surface area (Å²) in [5.41, 5.74) is 1.43. The normalized spacial score (nSPS) is 10.8. The van der Waals surface area contributed by atoms with E-state index in [2.05, 4.69) is 30.7 Å². The van der Waals surface area contributed by atoms with Crippen LogP contribution >= 0.6 is 15.9 Å². The van der Waals surface area contributed by atoms with E-state index in [-0.39, 0.29) is 5.70 Å². The van der Waals surface area contributed by atoms with E-state index in [9.17, 15) is 9.59 Å². The number of anilines is 1. The first-order valence-corrected chi connectivity index (χ1v) is 8.41. The van der Waals surface area contributed by atoms with Gasteiger partial charge in [0.05, 0.1) is 20.3 Å². The van der Waals surface area contributed by atoms with Crippen molar-refractivity contribution >= 4 is 33.6 Å². The van der Waals surface area contributed by atoms with E-state index < -0.39 is 11.9 Å². The average molecular weight is 420 g/mol. The van der Waals surface area contributed by atoms with Crippen molar-refractivity contribution in [3.8, 4) is 11.5 Å². The SMILES string of the molecule is COC(=O)/C=C(/Nc1ccc(Oc2ccc(Br)cc2)cc1C)C(=O)OC. The molecule has 0 saturated heterocycles. The van der Waals surface area contributed by atoms with Gasteiger partial charge in [0.2, 0.25) is 0 Å². The fraction of sp³-hybridized carbons (Fsp3) is 0.158. The molecule has 1 N–H and O–H groups in total. The Morgan fingerprint density at radius 2 is 1.65 bits per heavy atom. The van der Waals surface area contributed by atoms with E-state index in [0.29, 0.717) is 17.2 Å². The van der Waals surface area contributed by atoms with Crippen molar-refractivity contribution in [1.29, 1.82) is 0 Å². The van der Waals surface area contributed by atoms with Crippen LogP contribution in [0.5, 0.6) is 11.5 Å². The highest BCUT2D eigenvalue weighted by Gasteiger charge is 2.14. The van der Waals surface area contributed by atoms with Crippen molar-refractivity contribution in [1.82, 2.24) is 0 Å². The summed E-state index contributed by atoms with van der Waals surface area (Å²) in [6.07, 6.45) is 1.04. The molecule has 0 bridgehead atoms. The lowest BCUT2D eigenvalue weighted by Gasteiger charge is -2.13. The molecule has 0 aliphatic rings. The van der Waals surface area contributed by atoms with Crippen LogP contribution in [-0.2, 0) is 19.1 Å². The Kier molecular flexibility index (Phi) is 6.80. The first kappa shape index (κ1) is 19.5. The smallest absolute Gasteiger partial charge is 0.354 e. The van der Waals surface area contributed by atoms with Crippen molar-refractivity contribution in [3.63, 3.8) is 0 Å². The van der Waals surface area contributed by atoms with Gasteiger partial charge in [-0.1, -0.05) is 15.9 Å². The second-order valence-corrected chi connectivity index (χ2v) is 6.15. The van der Waals surface area contributed by atoms with Gasteiger partial charge < -0.3 is 19.5 Å². The highest BCUT2D eigenvalue weighted by Crippen LogP contribution is 2.27. The Hall–Kier alpha value is -2.80. The molecule has 0 fully saturated rings. The van der Waals surface area contributed by atoms with Crippen LogP contribution in [-0.4, -0.2) is 26.2 Å². The third-order valence-corrected chi connectivity index (χ3v) is 3.91. The standard InChI is InChI=1S/C19H18BrNO5/c1-12-10-15(26-14-6-4-13(20)5-7-14)8-9-16(12)21-17(19(23)25-3)11-18(22)24-2/h4-11,21H,1-3H3/b17-11+. The summed E-state index contributed by atoms with van der Waals surface area (Å²) in [5.74, 6) is 0.0109. The first-order valence-electron chi connectivity index (χ1n) is 7.62. The van der Waals surface area contributed by atoms with Crippen LogP contribution < -0.4 is 10.1 Å². The topological polar surface area (TPSA) is 73.9 Å². The van der Waals surface area contributed by atoms with Crippen LogP contribution in [0.15, 0.2) is 58.7 Å². The van der Waals surface area contributed by atoms with Gasteiger partial charge in [-0.3, -0.25) is 0 Å². The van der Waals surface area contributed by atoms with Gasteiger partial charge >= 0.3 is 11.9 Å². The zero-order chi connectivity index (χ0) is 19.1. The molecule has 0 radical (unpaired) electrons. The maximum absolute atomic E-state index is 11.8. The minimum Gasteiger partial charge on any atom is -0.466 e. The van der Waals surface area contributed by atoms with Crippen molar-refractivity contribution in [2.45, 2.75) is 6.92 Å². The van der Waals surface area contributed by atoms with Crippen LogP contribution in [0.2, 0.25) is 0 Å². The van der Waals surface area contributed by atoms with Gasteiger partial charge in [-0.05, 0) is 55.0 Å². The van der Waals surface area contributed by atoms with E-state index in [4.69, 9.17) is 4.74 Å². The zero-order valence-electron chi connectivity index (χ0n) is 14.5. The fourth-order valence-electron chi connectivity index (χ4n) is 2.06. The molecule has 2 rings (SSSR count). The quantitative estimate of drug-likeness (QED) is 0.558. The van der Waals surface area contributed by atoms with Crippen molar-refractivity contribution in [2.75, 3.05) is 19.5 Å². The third-order valence-electron chi connectivity index (χ3n) is 3.39. The largest absolute Gasteiger partial charge is 0.466 e. The zero-order valence-corrected chi connectivity index (χ0v) is 16.1.